The molecule has 2 aliphatic rings. The van der Waals surface area contributed by atoms with Gasteiger partial charge >= 0.3 is 0 Å². The SMILES string of the molecule is COc1cc[c]cc1N1CCN2CCC1C2. The van der Waals surface area contributed by atoms with Crippen LogP contribution in [0.1, 0.15) is 6.42 Å². The predicted molar refractivity (Wildman–Crippen MR) is 64.0 cm³/mol. The largest absolute Gasteiger partial charge is 0.495 e. The Morgan fingerprint density at radius 3 is 3.19 bits per heavy atom. The van der Waals surface area contributed by atoms with Gasteiger partial charge in [-0.3, -0.25) is 4.90 Å². The highest BCUT2D eigenvalue weighted by atomic mass is 16.5. The Bertz CT molecular complexity index is 380. The van der Waals surface area contributed by atoms with Crippen LogP contribution in [0.2, 0.25) is 0 Å². The Morgan fingerprint density at radius 2 is 2.31 bits per heavy atom. The molecule has 2 aliphatic heterocycles. The molecule has 0 aliphatic carbocycles. The molecule has 2 bridgehead atoms. The predicted octanol–water partition coefficient (Wildman–Crippen LogP) is 1.39. The molecule has 0 amide bonds. The Balaban J connectivity index is 1.90. The Hall–Kier alpha value is -1.22. The summed E-state index contributed by atoms with van der Waals surface area (Å²) in [6.07, 6.45) is 1.28. The van der Waals surface area contributed by atoms with E-state index in [0.717, 1.165) is 12.3 Å². The summed E-state index contributed by atoms with van der Waals surface area (Å²) in [5.74, 6) is 0.971. The zero-order valence-corrected chi connectivity index (χ0v) is 9.65. The molecule has 2 atom stereocenters. The number of methoxy groups -OCH3 is 1. The summed E-state index contributed by atoms with van der Waals surface area (Å²) in [6.45, 7) is 4.74. The van der Waals surface area contributed by atoms with E-state index in [-0.39, 0.29) is 0 Å². The van der Waals surface area contributed by atoms with E-state index in [1.165, 1.54) is 31.7 Å². The zero-order chi connectivity index (χ0) is 11.0. The quantitative estimate of drug-likeness (QED) is 0.744. The van der Waals surface area contributed by atoms with Gasteiger partial charge in [-0.2, -0.15) is 0 Å². The van der Waals surface area contributed by atoms with Crippen molar-refractivity contribution in [2.45, 2.75) is 12.5 Å². The molecule has 2 fully saturated rings. The molecule has 2 saturated heterocycles. The van der Waals surface area contributed by atoms with Crippen LogP contribution >= 0.6 is 0 Å². The monoisotopic (exact) mass is 217 g/mol. The van der Waals surface area contributed by atoms with Crippen LogP contribution in [0.25, 0.3) is 0 Å². The molecule has 3 heteroatoms. The molecule has 0 aromatic heterocycles. The lowest BCUT2D eigenvalue weighted by atomic mass is 10.1. The number of anilines is 1. The van der Waals surface area contributed by atoms with Crippen molar-refractivity contribution >= 4 is 5.69 Å². The number of fused-ring (bicyclic) bond motifs is 2. The van der Waals surface area contributed by atoms with E-state index in [9.17, 15) is 0 Å². The second-order valence-electron chi connectivity index (χ2n) is 4.53. The van der Waals surface area contributed by atoms with Gasteiger partial charge in [0.05, 0.1) is 12.8 Å². The van der Waals surface area contributed by atoms with E-state index in [0.29, 0.717) is 6.04 Å². The van der Waals surface area contributed by atoms with Crippen LogP contribution < -0.4 is 9.64 Å². The number of benzene rings is 1. The number of piperazine rings is 1. The van der Waals surface area contributed by atoms with Crippen LogP contribution in [0.3, 0.4) is 0 Å². The van der Waals surface area contributed by atoms with Crippen molar-refractivity contribution in [3.05, 3.63) is 24.3 Å². The van der Waals surface area contributed by atoms with E-state index in [1.54, 1.807) is 7.11 Å². The normalized spacial score (nSPS) is 28.2. The van der Waals surface area contributed by atoms with Crippen LogP contribution in [0.5, 0.6) is 5.75 Å². The van der Waals surface area contributed by atoms with Crippen molar-refractivity contribution in [1.82, 2.24) is 4.90 Å². The second kappa shape index (κ2) is 3.98. The molecule has 0 N–H and O–H groups in total. The average Bonchev–Trinajstić information content (AvgIpc) is 2.72. The van der Waals surface area contributed by atoms with Gasteiger partial charge in [0.1, 0.15) is 5.75 Å². The summed E-state index contributed by atoms with van der Waals surface area (Å²) in [7, 11) is 1.74. The Kier molecular flexibility index (Phi) is 2.48. The molecule has 1 radical (unpaired) electrons. The third-order valence-corrected chi connectivity index (χ3v) is 3.68. The first-order valence-corrected chi connectivity index (χ1v) is 5.91. The van der Waals surface area contributed by atoms with Gasteiger partial charge in [0, 0.05) is 32.2 Å². The molecule has 2 unspecified atom stereocenters. The summed E-state index contributed by atoms with van der Waals surface area (Å²) in [5.41, 5.74) is 1.21. The van der Waals surface area contributed by atoms with Gasteiger partial charge in [0.2, 0.25) is 0 Å². The van der Waals surface area contributed by atoms with Gasteiger partial charge in [0.25, 0.3) is 0 Å². The first-order chi connectivity index (χ1) is 7.88. The van der Waals surface area contributed by atoms with E-state index in [4.69, 9.17) is 4.74 Å². The van der Waals surface area contributed by atoms with E-state index < -0.39 is 0 Å². The summed E-state index contributed by atoms with van der Waals surface area (Å²) in [6, 6.07) is 9.78. The lowest BCUT2D eigenvalue weighted by Gasteiger charge is -2.36. The van der Waals surface area contributed by atoms with E-state index in [2.05, 4.69) is 15.9 Å². The first kappa shape index (κ1) is 9.97. The minimum Gasteiger partial charge on any atom is -0.495 e. The third kappa shape index (κ3) is 1.55. The Labute approximate surface area is 96.6 Å². The molecule has 0 spiro atoms. The highest BCUT2D eigenvalue weighted by molar-refractivity contribution is 5.59. The van der Waals surface area contributed by atoms with Crippen molar-refractivity contribution in [3.8, 4) is 5.75 Å². The molecule has 1 aromatic rings. The standard InChI is InChI=1S/C13H17N2O/c1-16-13-5-3-2-4-12(13)15-9-8-14-7-6-11(15)10-14/h3-5,11H,6-10H2,1H3. The fraction of sp³-hybridized carbons (Fsp3) is 0.538. The zero-order valence-electron chi connectivity index (χ0n) is 9.65. The van der Waals surface area contributed by atoms with Gasteiger partial charge in [-0.1, -0.05) is 6.07 Å². The third-order valence-electron chi connectivity index (χ3n) is 3.68. The maximum Gasteiger partial charge on any atom is 0.142 e. The number of ether oxygens (including phenoxy) is 1. The van der Waals surface area contributed by atoms with Gasteiger partial charge in [-0.05, 0) is 24.6 Å². The number of rotatable bonds is 2. The molecule has 2 heterocycles. The lowest BCUT2D eigenvalue weighted by Crippen LogP contribution is -2.46. The van der Waals surface area contributed by atoms with Crippen molar-refractivity contribution in [3.63, 3.8) is 0 Å². The highest BCUT2D eigenvalue weighted by Gasteiger charge is 2.33. The number of nitrogens with zero attached hydrogens (tertiary/aromatic N) is 2. The molecule has 0 saturated carbocycles. The second-order valence-corrected chi connectivity index (χ2v) is 4.53. The smallest absolute Gasteiger partial charge is 0.142 e. The van der Waals surface area contributed by atoms with Gasteiger partial charge in [-0.15, -0.1) is 0 Å². The average molecular weight is 217 g/mol. The lowest BCUT2D eigenvalue weighted by molar-refractivity contribution is 0.309. The summed E-state index contributed by atoms with van der Waals surface area (Å²) in [5, 5.41) is 0. The van der Waals surface area contributed by atoms with E-state index in [1.807, 2.05) is 18.2 Å². The number of hydrogen-bond acceptors (Lipinski definition) is 3. The summed E-state index contributed by atoms with van der Waals surface area (Å²) >= 11 is 0. The van der Waals surface area contributed by atoms with Crippen LogP contribution in [0.15, 0.2) is 18.2 Å². The minimum atomic E-state index is 0.665. The fourth-order valence-electron chi connectivity index (χ4n) is 2.82. The van der Waals surface area contributed by atoms with Gasteiger partial charge in [-0.25, -0.2) is 0 Å². The molecule has 3 rings (SSSR count). The van der Waals surface area contributed by atoms with Gasteiger partial charge < -0.3 is 9.64 Å². The minimum absolute atomic E-state index is 0.665. The van der Waals surface area contributed by atoms with Crippen LogP contribution in [0, 0.1) is 6.07 Å². The fourth-order valence-corrected chi connectivity index (χ4v) is 2.82. The molecule has 1 aromatic carbocycles. The number of hydrogen-bond donors (Lipinski definition) is 0. The molecule has 85 valence electrons. The van der Waals surface area contributed by atoms with Crippen molar-refractivity contribution < 1.29 is 4.74 Å². The topological polar surface area (TPSA) is 15.7 Å². The van der Waals surface area contributed by atoms with Crippen molar-refractivity contribution in [1.29, 1.82) is 0 Å². The molecule has 3 nitrogen and oxygen atoms in total. The van der Waals surface area contributed by atoms with E-state index >= 15 is 0 Å². The summed E-state index contributed by atoms with van der Waals surface area (Å²) < 4.78 is 5.43. The highest BCUT2D eigenvalue weighted by Crippen LogP contribution is 2.33. The van der Waals surface area contributed by atoms with Gasteiger partial charge in [0.15, 0.2) is 0 Å². The molecular formula is C13H17N2O. The Morgan fingerprint density at radius 1 is 1.38 bits per heavy atom. The van der Waals surface area contributed by atoms with Crippen LogP contribution in [-0.4, -0.2) is 44.2 Å². The maximum atomic E-state index is 5.43. The van der Waals surface area contributed by atoms with Crippen molar-refractivity contribution in [2.24, 2.45) is 0 Å². The van der Waals surface area contributed by atoms with Crippen LogP contribution in [0.4, 0.5) is 5.69 Å². The molecular weight excluding hydrogens is 200 g/mol. The maximum absolute atomic E-state index is 5.43. The summed E-state index contributed by atoms with van der Waals surface area (Å²) in [4.78, 5) is 5.03. The molecule has 16 heavy (non-hydrogen) atoms. The van der Waals surface area contributed by atoms with Crippen molar-refractivity contribution in [2.75, 3.05) is 38.2 Å². The van der Waals surface area contributed by atoms with Crippen LogP contribution in [-0.2, 0) is 0 Å². The first-order valence-electron chi connectivity index (χ1n) is 5.91.